The van der Waals surface area contributed by atoms with Gasteiger partial charge in [-0.25, -0.2) is 0 Å². The summed E-state index contributed by atoms with van der Waals surface area (Å²) in [6.45, 7) is 3.11. The lowest BCUT2D eigenvalue weighted by atomic mass is 10.1. The van der Waals surface area contributed by atoms with Crippen LogP contribution in [0.15, 0.2) is 60.9 Å². The Morgan fingerprint density at radius 1 is 0.967 bits per heavy atom. The van der Waals surface area contributed by atoms with E-state index in [1.165, 1.54) is 6.07 Å². The normalized spacial score (nSPS) is 14.6. The SMILES string of the molecule is FC(F)(F)c1ccc(COc2ccc(-c3ncccc3N3CCOCC3)cc2)nc1. The highest BCUT2D eigenvalue weighted by atomic mass is 19.4. The van der Waals surface area contributed by atoms with E-state index in [1.54, 1.807) is 6.20 Å². The van der Waals surface area contributed by atoms with Crippen molar-refractivity contribution in [1.29, 1.82) is 0 Å². The first-order valence-electron chi connectivity index (χ1n) is 9.54. The van der Waals surface area contributed by atoms with E-state index < -0.39 is 11.7 Å². The molecule has 3 aromatic rings. The van der Waals surface area contributed by atoms with Crippen molar-refractivity contribution >= 4 is 5.69 Å². The van der Waals surface area contributed by atoms with E-state index in [4.69, 9.17) is 9.47 Å². The van der Waals surface area contributed by atoms with Crippen molar-refractivity contribution < 1.29 is 22.6 Å². The summed E-state index contributed by atoms with van der Waals surface area (Å²) < 4.78 is 48.9. The topological polar surface area (TPSA) is 47.5 Å². The zero-order valence-electron chi connectivity index (χ0n) is 16.1. The van der Waals surface area contributed by atoms with Gasteiger partial charge in [0.25, 0.3) is 0 Å². The first-order chi connectivity index (χ1) is 14.5. The van der Waals surface area contributed by atoms with E-state index in [0.717, 1.165) is 42.3 Å². The molecule has 0 spiro atoms. The largest absolute Gasteiger partial charge is 0.487 e. The number of hydrogen-bond donors (Lipinski definition) is 0. The minimum Gasteiger partial charge on any atom is -0.487 e. The van der Waals surface area contributed by atoms with Crippen LogP contribution in [0.3, 0.4) is 0 Å². The van der Waals surface area contributed by atoms with Gasteiger partial charge in [0, 0.05) is 31.0 Å². The molecule has 156 valence electrons. The lowest BCUT2D eigenvalue weighted by molar-refractivity contribution is -0.137. The number of anilines is 1. The molecule has 0 radical (unpaired) electrons. The predicted octanol–water partition coefficient (Wildman–Crippen LogP) is 4.58. The van der Waals surface area contributed by atoms with Crippen LogP contribution < -0.4 is 9.64 Å². The highest BCUT2D eigenvalue weighted by molar-refractivity contribution is 5.75. The molecule has 4 rings (SSSR count). The third-order valence-electron chi connectivity index (χ3n) is 4.80. The molecule has 0 atom stereocenters. The zero-order valence-corrected chi connectivity index (χ0v) is 16.1. The molecule has 5 nitrogen and oxygen atoms in total. The fourth-order valence-electron chi connectivity index (χ4n) is 3.22. The second-order valence-electron chi connectivity index (χ2n) is 6.82. The molecule has 0 unspecified atom stereocenters. The number of alkyl halides is 3. The monoisotopic (exact) mass is 415 g/mol. The number of morpholine rings is 1. The average molecular weight is 415 g/mol. The highest BCUT2D eigenvalue weighted by Crippen LogP contribution is 2.31. The highest BCUT2D eigenvalue weighted by Gasteiger charge is 2.30. The van der Waals surface area contributed by atoms with E-state index >= 15 is 0 Å². The van der Waals surface area contributed by atoms with Gasteiger partial charge in [0.1, 0.15) is 12.4 Å². The minimum atomic E-state index is -4.40. The number of nitrogens with zero attached hydrogens (tertiary/aromatic N) is 3. The average Bonchev–Trinajstić information content (AvgIpc) is 2.78. The lowest BCUT2D eigenvalue weighted by Gasteiger charge is -2.30. The van der Waals surface area contributed by atoms with E-state index in [-0.39, 0.29) is 6.61 Å². The zero-order chi connectivity index (χ0) is 21.0. The van der Waals surface area contributed by atoms with Gasteiger partial charge in [-0.05, 0) is 48.5 Å². The van der Waals surface area contributed by atoms with Gasteiger partial charge < -0.3 is 14.4 Å². The standard InChI is InChI=1S/C22H20F3N3O2/c23-22(24,25)17-5-6-18(27-14-17)15-30-19-7-3-16(4-8-19)21-20(2-1-9-26-21)28-10-12-29-13-11-28/h1-9,14H,10-13,15H2. The van der Waals surface area contributed by atoms with Gasteiger partial charge in [-0.3, -0.25) is 9.97 Å². The van der Waals surface area contributed by atoms with Gasteiger partial charge in [-0.1, -0.05) is 0 Å². The van der Waals surface area contributed by atoms with Crippen molar-refractivity contribution in [3.05, 3.63) is 72.2 Å². The lowest BCUT2D eigenvalue weighted by Crippen LogP contribution is -2.36. The molecule has 8 heteroatoms. The molecule has 1 aliphatic rings. The van der Waals surface area contributed by atoms with Gasteiger partial charge in [0.15, 0.2) is 0 Å². The molecule has 0 bridgehead atoms. The van der Waals surface area contributed by atoms with Crippen LogP contribution in [-0.4, -0.2) is 36.3 Å². The van der Waals surface area contributed by atoms with E-state index in [9.17, 15) is 13.2 Å². The summed E-state index contributed by atoms with van der Waals surface area (Å²) in [6.07, 6.45) is -1.82. The van der Waals surface area contributed by atoms with Crippen LogP contribution >= 0.6 is 0 Å². The van der Waals surface area contributed by atoms with Gasteiger partial charge in [0.2, 0.25) is 0 Å². The molecule has 0 N–H and O–H groups in total. The molecule has 1 aliphatic heterocycles. The van der Waals surface area contributed by atoms with E-state index in [0.29, 0.717) is 24.7 Å². The van der Waals surface area contributed by atoms with Gasteiger partial charge in [-0.15, -0.1) is 0 Å². The van der Waals surface area contributed by atoms with E-state index in [1.807, 2.05) is 36.4 Å². The summed E-state index contributed by atoms with van der Waals surface area (Å²) in [5.41, 5.74) is 2.55. The molecular weight excluding hydrogens is 395 g/mol. The molecule has 0 saturated carbocycles. The van der Waals surface area contributed by atoms with Crippen molar-refractivity contribution in [2.75, 3.05) is 31.2 Å². The van der Waals surface area contributed by atoms with Crippen molar-refractivity contribution in [3.8, 4) is 17.0 Å². The van der Waals surface area contributed by atoms with Crippen molar-refractivity contribution in [3.63, 3.8) is 0 Å². The first kappa shape index (κ1) is 20.2. The van der Waals surface area contributed by atoms with Crippen LogP contribution in [0.5, 0.6) is 5.75 Å². The summed E-state index contributed by atoms with van der Waals surface area (Å²) >= 11 is 0. The van der Waals surface area contributed by atoms with Crippen LogP contribution in [0, 0.1) is 0 Å². The van der Waals surface area contributed by atoms with Crippen LogP contribution in [0.1, 0.15) is 11.3 Å². The van der Waals surface area contributed by atoms with Crippen molar-refractivity contribution in [2.24, 2.45) is 0 Å². The molecular formula is C22H20F3N3O2. The third-order valence-corrected chi connectivity index (χ3v) is 4.80. The Bertz CT molecular complexity index is 970. The first-order valence-corrected chi connectivity index (χ1v) is 9.54. The molecule has 0 aliphatic carbocycles. The summed E-state index contributed by atoms with van der Waals surface area (Å²) in [4.78, 5) is 10.6. The Morgan fingerprint density at radius 3 is 2.40 bits per heavy atom. The Morgan fingerprint density at radius 2 is 1.73 bits per heavy atom. The summed E-state index contributed by atoms with van der Waals surface area (Å²) in [6, 6.07) is 13.8. The van der Waals surface area contributed by atoms with Crippen LogP contribution in [-0.2, 0) is 17.5 Å². The molecule has 30 heavy (non-hydrogen) atoms. The number of halogens is 3. The summed E-state index contributed by atoms with van der Waals surface area (Å²) in [5.74, 6) is 0.601. The number of hydrogen-bond acceptors (Lipinski definition) is 5. The van der Waals surface area contributed by atoms with Crippen LogP contribution in [0.25, 0.3) is 11.3 Å². The number of aromatic nitrogens is 2. The summed E-state index contributed by atoms with van der Waals surface area (Å²) in [5, 5.41) is 0. The Kier molecular flexibility index (Phi) is 5.85. The molecule has 0 amide bonds. The van der Waals surface area contributed by atoms with E-state index in [2.05, 4.69) is 14.9 Å². The Labute approximate surface area is 172 Å². The smallest absolute Gasteiger partial charge is 0.417 e. The Hall–Kier alpha value is -3.13. The summed E-state index contributed by atoms with van der Waals surface area (Å²) in [7, 11) is 0. The maximum atomic E-state index is 12.6. The van der Waals surface area contributed by atoms with Crippen molar-refractivity contribution in [2.45, 2.75) is 12.8 Å². The number of rotatable bonds is 5. The molecule has 1 fully saturated rings. The molecule has 1 saturated heterocycles. The minimum absolute atomic E-state index is 0.0834. The fourth-order valence-corrected chi connectivity index (χ4v) is 3.22. The quantitative estimate of drug-likeness (QED) is 0.611. The Balaban J connectivity index is 1.44. The van der Waals surface area contributed by atoms with Gasteiger partial charge in [-0.2, -0.15) is 13.2 Å². The second kappa shape index (κ2) is 8.71. The molecule has 3 heterocycles. The van der Waals surface area contributed by atoms with Crippen LogP contribution in [0.2, 0.25) is 0 Å². The predicted molar refractivity (Wildman–Crippen MR) is 106 cm³/mol. The number of pyridine rings is 2. The van der Waals surface area contributed by atoms with Gasteiger partial charge >= 0.3 is 6.18 Å². The van der Waals surface area contributed by atoms with Crippen LogP contribution in [0.4, 0.5) is 18.9 Å². The maximum absolute atomic E-state index is 12.6. The molecule has 2 aromatic heterocycles. The fraction of sp³-hybridized carbons (Fsp3) is 0.273. The maximum Gasteiger partial charge on any atom is 0.417 e. The number of benzene rings is 1. The number of ether oxygens (including phenoxy) is 2. The van der Waals surface area contributed by atoms with Gasteiger partial charge in [0.05, 0.1) is 35.9 Å². The molecule has 1 aromatic carbocycles. The second-order valence-corrected chi connectivity index (χ2v) is 6.82. The van der Waals surface area contributed by atoms with Crippen molar-refractivity contribution in [1.82, 2.24) is 9.97 Å². The third kappa shape index (κ3) is 4.71.